The Hall–Kier alpha value is -1.10. The maximum absolute atomic E-state index is 14.3. The minimum Gasteiger partial charge on any atom is -0.496 e. The van der Waals surface area contributed by atoms with E-state index in [4.69, 9.17) is 16.3 Å². The monoisotopic (exact) mass is 327 g/mol. The molecule has 0 aliphatic rings. The molecule has 0 spiro atoms. The zero-order valence-electron chi connectivity index (χ0n) is 12.2. The summed E-state index contributed by atoms with van der Waals surface area (Å²) in [5.74, 6) is 0.330. The van der Waals surface area contributed by atoms with E-state index < -0.39 is 0 Å². The van der Waals surface area contributed by atoms with Crippen LogP contribution in [0.4, 0.5) is 4.39 Å². The fourth-order valence-corrected chi connectivity index (χ4v) is 3.42. The van der Waals surface area contributed by atoms with Crippen molar-refractivity contribution in [3.05, 3.63) is 50.9 Å². The Labute approximate surface area is 133 Å². The minimum absolute atomic E-state index is 0.129. The topological polar surface area (TPSA) is 21.3 Å². The number of thiophene rings is 1. The summed E-state index contributed by atoms with van der Waals surface area (Å²) in [6, 6.07) is 8.66. The van der Waals surface area contributed by atoms with Crippen molar-refractivity contribution in [3.63, 3.8) is 0 Å². The first-order valence-electron chi connectivity index (χ1n) is 6.95. The highest BCUT2D eigenvalue weighted by Gasteiger charge is 2.21. The molecule has 2 nitrogen and oxygen atoms in total. The molecule has 1 aromatic heterocycles. The van der Waals surface area contributed by atoms with E-state index in [0.717, 1.165) is 22.2 Å². The number of hydrogen-bond donors (Lipinski definition) is 1. The van der Waals surface area contributed by atoms with Crippen LogP contribution < -0.4 is 10.1 Å². The number of rotatable bonds is 7. The summed E-state index contributed by atoms with van der Waals surface area (Å²) >= 11 is 7.51. The Morgan fingerprint density at radius 2 is 2.14 bits per heavy atom. The third kappa shape index (κ3) is 4.19. The Kier molecular flexibility index (Phi) is 6.03. The lowest BCUT2D eigenvalue weighted by molar-refractivity contribution is 0.389. The molecule has 2 aromatic rings. The first-order valence-corrected chi connectivity index (χ1v) is 8.15. The number of nitrogens with one attached hydrogen (secondary N) is 1. The number of ether oxygens (including phenoxy) is 1. The number of halogens is 2. The zero-order valence-corrected chi connectivity index (χ0v) is 13.7. The second-order valence-corrected chi connectivity index (χ2v) is 6.57. The molecule has 1 unspecified atom stereocenters. The first-order chi connectivity index (χ1) is 10.2. The minimum atomic E-state index is -0.245. The van der Waals surface area contributed by atoms with Crippen LogP contribution in [-0.2, 0) is 6.42 Å². The van der Waals surface area contributed by atoms with Gasteiger partial charge in [0.1, 0.15) is 11.6 Å². The highest BCUT2D eigenvalue weighted by atomic mass is 35.5. The van der Waals surface area contributed by atoms with Gasteiger partial charge in [-0.05, 0) is 37.2 Å². The van der Waals surface area contributed by atoms with Crippen molar-refractivity contribution in [1.82, 2.24) is 5.32 Å². The molecule has 0 fully saturated rings. The predicted octanol–water partition coefficient (Wildman–Crippen LogP) is 4.83. The van der Waals surface area contributed by atoms with Crippen LogP contribution in [0.25, 0.3) is 0 Å². The molecular formula is C16H19ClFNOS. The molecule has 0 saturated carbocycles. The molecule has 0 saturated heterocycles. The maximum Gasteiger partial charge on any atom is 0.131 e. The van der Waals surface area contributed by atoms with E-state index in [1.54, 1.807) is 19.2 Å². The van der Waals surface area contributed by atoms with Gasteiger partial charge in [0.05, 0.1) is 11.4 Å². The summed E-state index contributed by atoms with van der Waals surface area (Å²) < 4.78 is 20.4. The average molecular weight is 328 g/mol. The van der Waals surface area contributed by atoms with Crippen molar-refractivity contribution in [2.75, 3.05) is 13.7 Å². The van der Waals surface area contributed by atoms with Crippen molar-refractivity contribution < 1.29 is 9.13 Å². The Balaban J connectivity index is 2.31. The molecule has 0 radical (unpaired) electrons. The molecule has 1 N–H and O–H groups in total. The van der Waals surface area contributed by atoms with Crippen LogP contribution in [0.5, 0.6) is 5.75 Å². The van der Waals surface area contributed by atoms with Crippen molar-refractivity contribution in [1.29, 1.82) is 0 Å². The standard InChI is InChI=1S/C16H19ClFNOS/c1-3-9-19-13(10-11-7-8-15(17)21-11)16-12(18)5-4-6-14(16)20-2/h4-8,13,19H,3,9-10H2,1-2H3. The Bertz CT molecular complexity index is 587. The van der Waals surface area contributed by atoms with Gasteiger partial charge in [-0.25, -0.2) is 4.39 Å². The van der Waals surface area contributed by atoms with Crippen LogP contribution in [0.3, 0.4) is 0 Å². The van der Waals surface area contributed by atoms with Crippen molar-refractivity contribution in [3.8, 4) is 5.75 Å². The van der Waals surface area contributed by atoms with Crippen LogP contribution >= 0.6 is 22.9 Å². The van der Waals surface area contributed by atoms with Gasteiger partial charge in [-0.3, -0.25) is 0 Å². The van der Waals surface area contributed by atoms with Gasteiger partial charge < -0.3 is 10.1 Å². The van der Waals surface area contributed by atoms with E-state index in [1.807, 2.05) is 12.1 Å². The van der Waals surface area contributed by atoms with E-state index in [1.165, 1.54) is 17.4 Å². The summed E-state index contributed by atoms with van der Waals surface area (Å²) in [6.07, 6.45) is 1.67. The smallest absolute Gasteiger partial charge is 0.131 e. The van der Waals surface area contributed by atoms with Crippen LogP contribution in [0.15, 0.2) is 30.3 Å². The largest absolute Gasteiger partial charge is 0.496 e. The van der Waals surface area contributed by atoms with Gasteiger partial charge in [0.15, 0.2) is 0 Å². The van der Waals surface area contributed by atoms with Crippen LogP contribution in [0, 0.1) is 5.82 Å². The third-order valence-electron chi connectivity index (χ3n) is 3.26. The van der Waals surface area contributed by atoms with E-state index in [9.17, 15) is 4.39 Å². The SMILES string of the molecule is CCCNC(Cc1ccc(Cl)s1)c1c(F)cccc1OC. The van der Waals surface area contributed by atoms with Crippen molar-refractivity contribution in [2.24, 2.45) is 0 Å². The molecular weight excluding hydrogens is 309 g/mol. The second-order valence-electron chi connectivity index (χ2n) is 4.77. The highest BCUT2D eigenvalue weighted by molar-refractivity contribution is 7.16. The van der Waals surface area contributed by atoms with E-state index >= 15 is 0 Å². The summed E-state index contributed by atoms with van der Waals surface area (Å²) in [4.78, 5) is 1.12. The summed E-state index contributed by atoms with van der Waals surface area (Å²) in [6.45, 7) is 2.91. The van der Waals surface area contributed by atoms with Gasteiger partial charge in [0.2, 0.25) is 0 Å². The number of methoxy groups -OCH3 is 1. The molecule has 0 aliphatic carbocycles. The second kappa shape index (κ2) is 7.78. The molecule has 0 amide bonds. The number of hydrogen-bond acceptors (Lipinski definition) is 3. The molecule has 2 rings (SSSR count). The van der Waals surface area contributed by atoms with Crippen LogP contribution in [-0.4, -0.2) is 13.7 Å². The lowest BCUT2D eigenvalue weighted by Crippen LogP contribution is -2.25. The van der Waals surface area contributed by atoms with E-state index in [-0.39, 0.29) is 11.9 Å². The average Bonchev–Trinajstić information content (AvgIpc) is 2.88. The van der Waals surface area contributed by atoms with Crippen molar-refractivity contribution in [2.45, 2.75) is 25.8 Å². The lowest BCUT2D eigenvalue weighted by Gasteiger charge is -2.21. The molecule has 114 valence electrons. The summed E-state index contributed by atoms with van der Waals surface area (Å²) in [5, 5.41) is 3.40. The molecule has 1 atom stereocenters. The van der Waals surface area contributed by atoms with Gasteiger partial charge in [0.25, 0.3) is 0 Å². The van der Waals surface area contributed by atoms with Gasteiger partial charge >= 0.3 is 0 Å². The Morgan fingerprint density at radius 1 is 1.33 bits per heavy atom. The number of benzene rings is 1. The Morgan fingerprint density at radius 3 is 2.76 bits per heavy atom. The van der Waals surface area contributed by atoms with Gasteiger partial charge in [-0.15, -0.1) is 11.3 Å². The van der Waals surface area contributed by atoms with E-state index in [0.29, 0.717) is 17.7 Å². The molecule has 5 heteroatoms. The molecule has 21 heavy (non-hydrogen) atoms. The summed E-state index contributed by atoms with van der Waals surface area (Å²) in [7, 11) is 1.57. The first kappa shape index (κ1) is 16.3. The van der Waals surface area contributed by atoms with Crippen molar-refractivity contribution >= 4 is 22.9 Å². The normalized spacial score (nSPS) is 12.4. The quantitative estimate of drug-likeness (QED) is 0.786. The molecule has 0 aliphatic heterocycles. The van der Waals surface area contributed by atoms with Gasteiger partial charge in [-0.1, -0.05) is 24.6 Å². The lowest BCUT2D eigenvalue weighted by atomic mass is 10.0. The fraction of sp³-hybridized carbons (Fsp3) is 0.375. The van der Waals surface area contributed by atoms with E-state index in [2.05, 4.69) is 12.2 Å². The maximum atomic E-state index is 14.3. The molecule has 0 bridgehead atoms. The van der Waals surface area contributed by atoms with Crippen LogP contribution in [0.1, 0.15) is 29.8 Å². The van der Waals surface area contributed by atoms with Crippen LogP contribution in [0.2, 0.25) is 4.34 Å². The molecule has 1 heterocycles. The van der Waals surface area contributed by atoms with Gasteiger partial charge in [0, 0.05) is 22.9 Å². The fourth-order valence-electron chi connectivity index (χ4n) is 2.29. The predicted molar refractivity (Wildman–Crippen MR) is 87.0 cm³/mol. The third-order valence-corrected chi connectivity index (χ3v) is 4.51. The van der Waals surface area contributed by atoms with Gasteiger partial charge in [-0.2, -0.15) is 0 Å². The highest BCUT2D eigenvalue weighted by Crippen LogP contribution is 2.32. The zero-order chi connectivity index (χ0) is 15.2. The summed E-state index contributed by atoms with van der Waals surface area (Å²) in [5.41, 5.74) is 0.581. The molecule has 1 aromatic carbocycles.